The van der Waals surface area contributed by atoms with Gasteiger partial charge in [0.1, 0.15) is 11.6 Å². The first-order valence-electron chi connectivity index (χ1n) is 5.25. The average Bonchev–Trinajstić information content (AvgIpc) is 2.24. The Bertz CT molecular complexity index is 532. The average molecular weight is 221 g/mol. The zero-order valence-electron chi connectivity index (χ0n) is 9.73. The van der Waals surface area contributed by atoms with Crippen LogP contribution in [0.4, 0.5) is 0 Å². The molecule has 0 saturated carbocycles. The number of rotatable bonds is 3. The van der Waals surface area contributed by atoms with Gasteiger partial charge < -0.3 is 0 Å². The Morgan fingerprint density at radius 3 is 2.50 bits per heavy atom. The third-order valence-electron chi connectivity index (χ3n) is 2.25. The molecule has 0 aliphatic rings. The van der Waals surface area contributed by atoms with E-state index in [9.17, 15) is 9.59 Å². The molecule has 0 aliphatic heterocycles. The first-order chi connectivity index (χ1) is 7.51. The highest BCUT2D eigenvalue weighted by Gasteiger charge is 2.11. The van der Waals surface area contributed by atoms with E-state index in [-0.39, 0.29) is 17.2 Å². The third-order valence-corrected chi connectivity index (χ3v) is 2.25. The summed E-state index contributed by atoms with van der Waals surface area (Å²) in [5.41, 5.74) is -0.826. The second kappa shape index (κ2) is 4.79. The molecule has 0 aliphatic carbocycles. The standard InChI is InChI=1S/C11H15N3O2/c1-4-13-7-9(5-12)10(15)14(11(13)16)6-8(2)3/h7-8H,4,6H2,1-3H3. The highest BCUT2D eigenvalue weighted by Crippen LogP contribution is 1.94. The van der Waals surface area contributed by atoms with Gasteiger partial charge in [0.2, 0.25) is 0 Å². The van der Waals surface area contributed by atoms with Crippen LogP contribution in [-0.4, -0.2) is 9.13 Å². The molecule has 0 aromatic carbocycles. The molecule has 0 amide bonds. The van der Waals surface area contributed by atoms with Crippen molar-refractivity contribution in [1.82, 2.24) is 9.13 Å². The predicted octanol–water partition coefficient (Wildman–Crippen LogP) is 0.558. The predicted molar refractivity (Wildman–Crippen MR) is 60.2 cm³/mol. The van der Waals surface area contributed by atoms with Crippen LogP contribution in [0, 0.1) is 17.2 Å². The first kappa shape index (κ1) is 12.2. The minimum atomic E-state index is -0.495. The number of nitriles is 1. The van der Waals surface area contributed by atoms with Crippen LogP contribution < -0.4 is 11.2 Å². The number of hydrogen-bond donors (Lipinski definition) is 0. The highest BCUT2D eigenvalue weighted by molar-refractivity contribution is 5.22. The van der Waals surface area contributed by atoms with Gasteiger partial charge in [-0.05, 0) is 12.8 Å². The topological polar surface area (TPSA) is 67.8 Å². The summed E-state index contributed by atoms with van der Waals surface area (Å²) in [6.45, 7) is 6.42. The van der Waals surface area contributed by atoms with Crippen LogP contribution in [-0.2, 0) is 13.1 Å². The summed E-state index contributed by atoms with van der Waals surface area (Å²) in [7, 11) is 0. The smallest absolute Gasteiger partial charge is 0.299 e. The second-order valence-electron chi connectivity index (χ2n) is 4.03. The summed E-state index contributed by atoms with van der Waals surface area (Å²) in [5.74, 6) is 0.185. The Morgan fingerprint density at radius 2 is 2.06 bits per heavy atom. The van der Waals surface area contributed by atoms with Gasteiger partial charge in [-0.2, -0.15) is 5.26 Å². The van der Waals surface area contributed by atoms with Crippen LogP contribution in [0.1, 0.15) is 26.3 Å². The highest BCUT2D eigenvalue weighted by atomic mass is 16.2. The van der Waals surface area contributed by atoms with Crippen molar-refractivity contribution in [2.24, 2.45) is 5.92 Å². The van der Waals surface area contributed by atoms with Gasteiger partial charge in [0.25, 0.3) is 5.56 Å². The van der Waals surface area contributed by atoms with Crippen LogP contribution in [0.2, 0.25) is 0 Å². The van der Waals surface area contributed by atoms with Gasteiger partial charge in [0.05, 0.1) is 0 Å². The number of hydrogen-bond acceptors (Lipinski definition) is 3. The first-order valence-corrected chi connectivity index (χ1v) is 5.25. The maximum Gasteiger partial charge on any atom is 0.331 e. The van der Waals surface area contributed by atoms with Gasteiger partial charge in [-0.15, -0.1) is 0 Å². The number of aromatic nitrogens is 2. The molecule has 0 fully saturated rings. The summed E-state index contributed by atoms with van der Waals surface area (Å²) in [6, 6.07) is 1.82. The van der Waals surface area contributed by atoms with Gasteiger partial charge in [-0.3, -0.25) is 13.9 Å². The minimum Gasteiger partial charge on any atom is -0.299 e. The minimum absolute atomic E-state index is 0.0158. The van der Waals surface area contributed by atoms with Crippen LogP contribution in [0.15, 0.2) is 15.8 Å². The normalized spacial score (nSPS) is 10.4. The van der Waals surface area contributed by atoms with E-state index >= 15 is 0 Å². The van der Waals surface area contributed by atoms with E-state index in [1.807, 2.05) is 19.9 Å². The molecular formula is C11H15N3O2. The Labute approximate surface area is 93.6 Å². The Hall–Kier alpha value is -1.83. The lowest BCUT2D eigenvalue weighted by molar-refractivity contribution is 0.471. The third kappa shape index (κ3) is 2.22. The molecule has 1 rings (SSSR count). The van der Waals surface area contributed by atoms with Crippen molar-refractivity contribution in [2.75, 3.05) is 0 Å². The lowest BCUT2D eigenvalue weighted by atomic mass is 10.2. The van der Waals surface area contributed by atoms with E-state index < -0.39 is 5.56 Å². The molecular weight excluding hydrogens is 206 g/mol. The van der Waals surface area contributed by atoms with E-state index in [2.05, 4.69) is 0 Å². The van der Waals surface area contributed by atoms with E-state index in [0.717, 1.165) is 4.57 Å². The lowest BCUT2D eigenvalue weighted by Crippen LogP contribution is -2.41. The molecule has 0 atom stereocenters. The maximum absolute atomic E-state index is 11.8. The van der Waals surface area contributed by atoms with Gasteiger partial charge in [-0.25, -0.2) is 4.79 Å². The summed E-state index contributed by atoms with van der Waals surface area (Å²) >= 11 is 0. The fourth-order valence-electron chi connectivity index (χ4n) is 1.48. The molecule has 0 saturated heterocycles. The van der Waals surface area contributed by atoms with Gasteiger partial charge >= 0.3 is 5.69 Å². The van der Waals surface area contributed by atoms with Crippen molar-refractivity contribution >= 4 is 0 Å². The van der Waals surface area contributed by atoms with E-state index in [1.165, 1.54) is 10.8 Å². The quantitative estimate of drug-likeness (QED) is 0.748. The molecule has 0 radical (unpaired) electrons. The van der Waals surface area contributed by atoms with Crippen LogP contribution in [0.3, 0.4) is 0 Å². The SMILES string of the molecule is CCn1cc(C#N)c(=O)n(CC(C)C)c1=O. The molecule has 1 aromatic rings. The Morgan fingerprint density at radius 1 is 1.44 bits per heavy atom. The van der Waals surface area contributed by atoms with Crippen molar-refractivity contribution in [3.05, 3.63) is 32.6 Å². The molecule has 1 aromatic heterocycles. The van der Waals surface area contributed by atoms with Crippen LogP contribution >= 0.6 is 0 Å². The van der Waals surface area contributed by atoms with Crippen molar-refractivity contribution < 1.29 is 0 Å². The molecule has 0 bridgehead atoms. The summed E-state index contributed by atoms with van der Waals surface area (Å²) in [4.78, 5) is 23.6. The molecule has 86 valence electrons. The van der Waals surface area contributed by atoms with Crippen molar-refractivity contribution in [2.45, 2.75) is 33.9 Å². The summed E-state index contributed by atoms with van der Waals surface area (Å²) in [6.07, 6.45) is 1.32. The van der Waals surface area contributed by atoms with Crippen molar-refractivity contribution in [3.63, 3.8) is 0 Å². The number of nitrogens with zero attached hydrogens (tertiary/aromatic N) is 3. The van der Waals surface area contributed by atoms with Gasteiger partial charge in [0.15, 0.2) is 0 Å². The van der Waals surface area contributed by atoms with Crippen LogP contribution in [0.25, 0.3) is 0 Å². The van der Waals surface area contributed by atoms with Crippen LogP contribution in [0.5, 0.6) is 0 Å². The summed E-state index contributed by atoms with van der Waals surface area (Å²) in [5, 5.41) is 8.81. The second-order valence-corrected chi connectivity index (χ2v) is 4.03. The molecule has 5 nitrogen and oxygen atoms in total. The molecule has 1 heterocycles. The van der Waals surface area contributed by atoms with Gasteiger partial charge in [0, 0.05) is 19.3 Å². The molecule has 0 N–H and O–H groups in total. The largest absolute Gasteiger partial charge is 0.331 e. The fraction of sp³-hybridized carbons (Fsp3) is 0.545. The van der Waals surface area contributed by atoms with E-state index in [4.69, 9.17) is 5.26 Å². The number of aryl methyl sites for hydroxylation is 1. The fourth-order valence-corrected chi connectivity index (χ4v) is 1.48. The molecule has 5 heteroatoms. The Balaban J connectivity index is 3.52. The van der Waals surface area contributed by atoms with E-state index in [0.29, 0.717) is 13.1 Å². The molecule has 0 spiro atoms. The van der Waals surface area contributed by atoms with Gasteiger partial charge in [-0.1, -0.05) is 13.8 Å². The Kier molecular flexibility index (Phi) is 3.67. The zero-order valence-corrected chi connectivity index (χ0v) is 9.73. The monoisotopic (exact) mass is 221 g/mol. The molecule has 0 unspecified atom stereocenters. The zero-order chi connectivity index (χ0) is 12.3. The lowest BCUT2D eigenvalue weighted by Gasteiger charge is -2.10. The van der Waals surface area contributed by atoms with Crippen molar-refractivity contribution in [1.29, 1.82) is 5.26 Å². The van der Waals surface area contributed by atoms with E-state index in [1.54, 1.807) is 6.92 Å². The molecule has 16 heavy (non-hydrogen) atoms. The maximum atomic E-state index is 11.8. The van der Waals surface area contributed by atoms with Crippen molar-refractivity contribution in [3.8, 4) is 6.07 Å². The summed E-state index contributed by atoms with van der Waals surface area (Å²) < 4.78 is 2.51.